The van der Waals surface area contributed by atoms with E-state index in [1.165, 1.54) is 6.07 Å². The minimum Gasteiger partial charge on any atom is -0.406 e. The highest BCUT2D eigenvalue weighted by atomic mass is 19.4. The Morgan fingerprint density at radius 3 is 2.61 bits per heavy atom. The van der Waals surface area contributed by atoms with Crippen LogP contribution < -0.4 is 10.1 Å². The Morgan fingerprint density at radius 1 is 1.33 bits per heavy atom. The molecule has 0 heterocycles. The number of alkyl halides is 3. The van der Waals surface area contributed by atoms with Crippen LogP contribution in [-0.2, 0) is 6.54 Å². The smallest absolute Gasteiger partial charge is 0.406 e. The van der Waals surface area contributed by atoms with Gasteiger partial charge >= 0.3 is 6.36 Å². The van der Waals surface area contributed by atoms with E-state index in [4.69, 9.17) is 0 Å². The summed E-state index contributed by atoms with van der Waals surface area (Å²) < 4.78 is 52.7. The van der Waals surface area contributed by atoms with Gasteiger partial charge in [-0.05, 0) is 19.0 Å². The zero-order valence-corrected chi connectivity index (χ0v) is 9.56. The Hall–Kier alpha value is -1.56. The maximum Gasteiger partial charge on any atom is 0.573 e. The molecule has 1 aromatic rings. The number of halogens is 4. The van der Waals surface area contributed by atoms with Gasteiger partial charge < -0.3 is 10.1 Å². The molecule has 0 bridgehead atoms. The van der Waals surface area contributed by atoms with Crippen molar-refractivity contribution in [3.63, 3.8) is 0 Å². The molecule has 1 N–H and O–H groups in total. The lowest BCUT2D eigenvalue weighted by Crippen LogP contribution is -2.18. The van der Waals surface area contributed by atoms with Crippen molar-refractivity contribution in [2.75, 3.05) is 6.54 Å². The van der Waals surface area contributed by atoms with E-state index in [9.17, 15) is 17.6 Å². The number of nitrogens with one attached hydrogen (secondary N) is 1. The monoisotopic (exact) mass is 263 g/mol. The molecule has 0 amide bonds. The van der Waals surface area contributed by atoms with Gasteiger partial charge in [0.2, 0.25) is 0 Å². The highest BCUT2D eigenvalue weighted by Gasteiger charge is 2.31. The summed E-state index contributed by atoms with van der Waals surface area (Å²) in [5.74, 6) is -1.29. The third-order valence-electron chi connectivity index (χ3n) is 2.10. The summed E-state index contributed by atoms with van der Waals surface area (Å²) in [4.78, 5) is 0. The van der Waals surface area contributed by atoms with E-state index in [0.29, 0.717) is 6.54 Å². The molecule has 0 atom stereocenters. The predicted octanol–water partition coefficient (Wildman–Crippen LogP) is 3.39. The van der Waals surface area contributed by atoms with E-state index in [1.54, 1.807) is 6.08 Å². The van der Waals surface area contributed by atoms with E-state index >= 15 is 0 Å². The van der Waals surface area contributed by atoms with Crippen LogP contribution in [0.25, 0.3) is 0 Å². The van der Waals surface area contributed by atoms with E-state index in [-0.39, 0.29) is 12.1 Å². The standard InChI is InChI=1S/C12H13F4NO/c1-2-3-6-17-8-9-4-5-10(7-11(9)13)18-12(14,15)16/h2,4-5,7,17H,1,3,6,8H2. The van der Waals surface area contributed by atoms with Gasteiger partial charge in [-0.3, -0.25) is 0 Å². The van der Waals surface area contributed by atoms with Crippen LogP contribution in [-0.4, -0.2) is 12.9 Å². The van der Waals surface area contributed by atoms with Crippen molar-refractivity contribution in [2.45, 2.75) is 19.3 Å². The van der Waals surface area contributed by atoms with Crippen molar-refractivity contribution in [2.24, 2.45) is 0 Å². The van der Waals surface area contributed by atoms with Crippen molar-refractivity contribution in [3.8, 4) is 5.75 Å². The van der Waals surface area contributed by atoms with E-state index in [0.717, 1.165) is 18.6 Å². The van der Waals surface area contributed by atoms with Crippen LogP contribution in [0.4, 0.5) is 17.6 Å². The number of rotatable bonds is 6. The summed E-state index contributed by atoms with van der Waals surface area (Å²) in [5.41, 5.74) is 0.286. The molecule has 0 fully saturated rings. The minimum atomic E-state index is -4.81. The molecule has 0 saturated heterocycles. The Balaban J connectivity index is 2.59. The Bertz CT molecular complexity index is 404. The molecule has 2 nitrogen and oxygen atoms in total. The van der Waals surface area contributed by atoms with Crippen molar-refractivity contribution in [1.29, 1.82) is 0 Å². The van der Waals surface area contributed by atoms with Crippen LogP contribution in [0.15, 0.2) is 30.9 Å². The average Bonchev–Trinajstić information content (AvgIpc) is 2.24. The lowest BCUT2D eigenvalue weighted by molar-refractivity contribution is -0.274. The fraction of sp³-hybridized carbons (Fsp3) is 0.333. The molecule has 6 heteroatoms. The topological polar surface area (TPSA) is 21.3 Å². The molecular weight excluding hydrogens is 250 g/mol. The number of ether oxygens (including phenoxy) is 1. The lowest BCUT2D eigenvalue weighted by atomic mass is 10.2. The molecule has 18 heavy (non-hydrogen) atoms. The first-order valence-corrected chi connectivity index (χ1v) is 5.28. The van der Waals surface area contributed by atoms with Crippen LogP contribution >= 0.6 is 0 Å². The third-order valence-corrected chi connectivity index (χ3v) is 2.10. The first kappa shape index (κ1) is 14.5. The van der Waals surface area contributed by atoms with Gasteiger partial charge in [-0.1, -0.05) is 12.1 Å². The number of hydrogen-bond acceptors (Lipinski definition) is 2. The van der Waals surface area contributed by atoms with Gasteiger partial charge in [0.05, 0.1) is 0 Å². The van der Waals surface area contributed by atoms with Crippen LogP contribution in [0.2, 0.25) is 0 Å². The zero-order chi connectivity index (χ0) is 13.6. The molecule has 0 unspecified atom stereocenters. The van der Waals surface area contributed by atoms with Gasteiger partial charge in [-0.2, -0.15) is 0 Å². The maximum absolute atomic E-state index is 13.4. The molecule has 0 aliphatic carbocycles. The molecule has 0 aromatic heterocycles. The van der Waals surface area contributed by atoms with Gasteiger partial charge in [-0.25, -0.2) is 4.39 Å². The van der Waals surface area contributed by atoms with Crippen molar-refractivity contribution >= 4 is 0 Å². The maximum atomic E-state index is 13.4. The Morgan fingerprint density at radius 2 is 2.06 bits per heavy atom. The first-order chi connectivity index (χ1) is 8.42. The van der Waals surface area contributed by atoms with Crippen LogP contribution in [0.5, 0.6) is 5.75 Å². The summed E-state index contributed by atoms with van der Waals surface area (Å²) in [7, 11) is 0. The summed E-state index contributed by atoms with van der Waals surface area (Å²) in [6.07, 6.45) is -2.36. The third kappa shape index (κ3) is 5.18. The lowest BCUT2D eigenvalue weighted by Gasteiger charge is -2.10. The number of benzene rings is 1. The summed E-state index contributed by atoms with van der Waals surface area (Å²) in [6, 6.07) is 3.07. The SMILES string of the molecule is C=CCCNCc1ccc(OC(F)(F)F)cc1F. The van der Waals surface area contributed by atoms with E-state index < -0.39 is 17.9 Å². The molecular formula is C12H13F4NO. The second-order valence-corrected chi connectivity index (χ2v) is 3.56. The summed E-state index contributed by atoms with van der Waals surface area (Å²) in [6.45, 7) is 4.40. The fourth-order valence-corrected chi connectivity index (χ4v) is 1.30. The van der Waals surface area contributed by atoms with Crippen molar-refractivity contribution in [1.82, 2.24) is 5.32 Å². The van der Waals surface area contributed by atoms with Crippen molar-refractivity contribution in [3.05, 3.63) is 42.2 Å². The van der Waals surface area contributed by atoms with Crippen LogP contribution in [0, 0.1) is 5.82 Å². The van der Waals surface area contributed by atoms with Gasteiger partial charge in [0.25, 0.3) is 0 Å². The molecule has 0 aliphatic rings. The molecule has 0 spiro atoms. The molecule has 0 radical (unpaired) electrons. The highest BCUT2D eigenvalue weighted by Crippen LogP contribution is 2.24. The van der Waals surface area contributed by atoms with E-state index in [1.807, 2.05) is 0 Å². The second-order valence-electron chi connectivity index (χ2n) is 3.56. The molecule has 0 saturated carbocycles. The zero-order valence-electron chi connectivity index (χ0n) is 9.56. The Labute approximate surface area is 102 Å². The quantitative estimate of drug-likeness (QED) is 0.482. The second kappa shape index (κ2) is 6.39. The molecule has 1 aromatic carbocycles. The predicted molar refractivity (Wildman–Crippen MR) is 59.6 cm³/mol. The summed E-state index contributed by atoms with van der Waals surface area (Å²) >= 11 is 0. The van der Waals surface area contributed by atoms with Crippen molar-refractivity contribution < 1.29 is 22.3 Å². The number of hydrogen-bond donors (Lipinski definition) is 1. The minimum absolute atomic E-state index is 0.242. The van der Waals surface area contributed by atoms with Gasteiger partial charge in [0, 0.05) is 18.2 Å². The fourth-order valence-electron chi connectivity index (χ4n) is 1.30. The summed E-state index contributed by atoms with van der Waals surface area (Å²) in [5, 5.41) is 2.94. The highest BCUT2D eigenvalue weighted by molar-refractivity contribution is 5.29. The Kier molecular flexibility index (Phi) is 5.15. The van der Waals surface area contributed by atoms with Gasteiger partial charge in [0.1, 0.15) is 11.6 Å². The first-order valence-electron chi connectivity index (χ1n) is 5.28. The normalized spacial score (nSPS) is 11.3. The molecule has 1 rings (SSSR count). The van der Waals surface area contributed by atoms with Gasteiger partial charge in [-0.15, -0.1) is 19.8 Å². The molecule has 0 aliphatic heterocycles. The van der Waals surface area contributed by atoms with Crippen LogP contribution in [0.1, 0.15) is 12.0 Å². The van der Waals surface area contributed by atoms with Gasteiger partial charge in [0.15, 0.2) is 0 Å². The van der Waals surface area contributed by atoms with E-state index in [2.05, 4.69) is 16.6 Å². The largest absolute Gasteiger partial charge is 0.573 e. The van der Waals surface area contributed by atoms with Crippen LogP contribution in [0.3, 0.4) is 0 Å². The average molecular weight is 263 g/mol. The molecule has 100 valence electrons.